The van der Waals surface area contributed by atoms with Gasteiger partial charge < -0.3 is 0 Å². The molecular formula is C7H4N2O4S2. The highest BCUT2D eigenvalue weighted by Gasteiger charge is 2.28. The number of rotatable bonds is 3. The number of thiol groups is 1. The van der Waals surface area contributed by atoms with Crippen LogP contribution in [-0.2, 0) is 0 Å². The van der Waals surface area contributed by atoms with E-state index in [-0.39, 0.29) is 9.76 Å². The van der Waals surface area contributed by atoms with Gasteiger partial charge in [0.25, 0.3) is 0 Å². The van der Waals surface area contributed by atoms with Gasteiger partial charge in [0.2, 0.25) is 0 Å². The number of hydrogen-bond donors (Lipinski definition) is 1. The van der Waals surface area contributed by atoms with Gasteiger partial charge in [-0.1, -0.05) is 18.3 Å². The monoisotopic (exact) mass is 244 g/mol. The van der Waals surface area contributed by atoms with E-state index in [0.29, 0.717) is 0 Å². The molecule has 1 rings (SSSR count). The Morgan fingerprint density at radius 1 is 1.27 bits per heavy atom. The van der Waals surface area contributed by atoms with Crippen molar-refractivity contribution in [1.29, 1.82) is 0 Å². The second kappa shape index (κ2) is 4.32. The number of benzene rings is 1. The summed E-state index contributed by atoms with van der Waals surface area (Å²) in [5.74, 6) is 0. The van der Waals surface area contributed by atoms with Gasteiger partial charge in [-0.3, -0.25) is 20.2 Å². The molecule has 0 fully saturated rings. The van der Waals surface area contributed by atoms with Gasteiger partial charge in [0.1, 0.15) is 0 Å². The zero-order valence-electron chi connectivity index (χ0n) is 7.11. The molecule has 0 N–H and O–H groups in total. The van der Waals surface area contributed by atoms with Crippen LogP contribution in [0.5, 0.6) is 0 Å². The summed E-state index contributed by atoms with van der Waals surface area (Å²) in [5, 5.41) is 21.2. The van der Waals surface area contributed by atoms with Crippen molar-refractivity contribution in [2.45, 2.75) is 0 Å². The lowest BCUT2D eigenvalue weighted by Gasteiger charge is -1.99. The van der Waals surface area contributed by atoms with Gasteiger partial charge in [0.05, 0.1) is 19.6 Å². The zero-order valence-corrected chi connectivity index (χ0v) is 8.83. The number of hydrogen-bond acceptors (Lipinski definition) is 5. The Hall–Kier alpha value is -1.54. The van der Waals surface area contributed by atoms with E-state index in [1.807, 2.05) is 0 Å². The van der Waals surface area contributed by atoms with Crippen molar-refractivity contribution in [2.75, 3.05) is 0 Å². The minimum atomic E-state index is -0.837. The molecule has 8 heteroatoms. The molecule has 0 aliphatic heterocycles. The molecule has 0 amide bonds. The van der Waals surface area contributed by atoms with Crippen molar-refractivity contribution in [3.63, 3.8) is 0 Å². The fourth-order valence-electron chi connectivity index (χ4n) is 1.04. The van der Waals surface area contributed by atoms with Crippen LogP contribution in [0.1, 0.15) is 5.56 Å². The van der Waals surface area contributed by atoms with Gasteiger partial charge >= 0.3 is 11.4 Å². The minimum Gasteiger partial charge on any atom is -0.258 e. The summed E-state index contributed by atoms with van der Waals surface area (Å²) < 4.78 is -0.0506. The van der Waals surface area contributed by atoms with Gasteiger partial charge in [-0.05, 0) is 6.07 Å². The van der Waals surface area contributed by atoms with E-state index in [0.717, 1.165) is 6.07 Å². The lowest BCUT2D eigenvalue weighted by molar-refractivity contribution is -0.422. The summed E-state index contributed by atoms with van der Waals surface area (Å²) >= 11 is 8.42. The van der Waals surface area contributed by atoms with Crippen LogP contribution in [-0.4, -0.2) is 14.0 Å². The Kier molecular flexibility index (Phi) is 3.32. The van der Waals surface area contributed by atoms with E-state index < -0.39 is 21.2 Å². The minimum absolute atomic E-state index is 0.0208. The van der Waals surface area contributed by atoms with Crippen LogP contribution < -0.4 is 0 Å². The fourth-order valence-corrected chi connectivity index (χ4v) is 1.39. The third kappa shape index (κ3) is 2.28. The Morgan fingerprint density at radius 2 is 1.87 bits per heavy atom. The Bertz CT molecular complexity index is 428. The standard InChI is InChI=1S/C7H4N2O4S2/c10-8(11)5-3-1-2-4(7(14)15)6(5)9(12)13/h1-3H,(H,14,15). The van der Waals surface area contributed by atoms with E-state index in [4.69, 9.17) is 0 Å². The van der Waals surface area contributed by atoms with Crippen molar-refractivity contribution in [1.82, 2.24) is 0 Å². The number of para-hydroxylation sites is 1. The van der Waals surface area contributed by atoms with Crippen molar-refractivity contribution in [3.8, 4) is 0 Å². The molecule has 1 aromatic rings. The molecule has 0 saturated carbocycles. The predicted molar refractivity (Wildman–Crippen MR) is 60.4 cm³/mol. The van der Waals surface area contributed by atoms with E-state index >= 15 is 0 Å². The fraction of sp³-hybridized carbons (Fsp3) is 0. The van der Waals surface area contributed by atoms with E-state index in [2.05, 4.69) is 24.8 Å². The summed E-state index contributed by atoms with van der Waals surface area (Å²) in [5.41, 5.74) is -1.23. The first kappa shape index (κ1) is 11.5. The molecule has 0 unspecified atom stereocenters. The second-order valence-corrected chi connectivity index (χ2v) is 3.65. The van der Waals surface area contributed by atoms with E-state index in [1.165, 1.54) is 12.1 Å². The first-order chi connectivity index (χ1) is 6.95. The van der Waals surface area contributed by atoms with Gasteiger partial charge in [0, 0.05) is 6.07 Å². The van der Waals surface area contributed by atoms with Crippen LogP contribution in [0.15, 0.2) is 18.2 Å². The maximum Gasteiger partial charge on any atom is 0.355 e. The summed E-state index contributed by atoms with van der Waals surface area (Å²) in [6, 6.07) is 3.69. The first-order valence-corrected chi connectivity index (χ1v) is 4.45. The summed E-state index contributed by atoms with van der Waals surface area (Å²) in [7, 11) is 0. The average molecular weight is 244 g/mol. The van der Waals surface area contributed by atoms with Crippen LogP contribution >= 0.6 is 24.8 Å². The quantitative estimate of drug-likeness (QED) is 0.381. The largest absolute Gasteiger partial charge is 0.355 e. The van der Waals surface area contributed by atoms with Crippen LogP contribution in [0.25, 0.3) is 0 Å². The zero-order chi connectivity index (χ0) is 11.6. The second-order valence-electron chi connectivity index (χ2n) is 2.49. The molecule has 0 aromatic heterocycles. The van der Waals surface area contributed by atoms with Crippen molar-refractivity contribution >= 4 is 40.4 Å². The first-order valence-electron chi connectivity index (χ1n) is 3.60. The molecule has 0 saturated heterocycles. The van der Waals surface area contributed by atoms with Crippen molar-refractivity contribution < 1.29 is 9.85 Å². The molecule has 0 atom stereocenters. The Labute approximate surface area is 94.6 Å². The van der Waals surface area contributed by atoms with Crippen LogP contribution in [0.3, 0.4) is 0 Å². The molecule has 0 bridgehead atoms. The number of nitrogens with zero attached hydrogens (tertiary/aromatic N) is 2. The summed E-state index contributed by atoms with van der Waals surface area (Å²) in [6.07, 6.45) is 0. The third-order valence-electron chi connectivity index (χ3n) is 1.62. The normalized spacial score (nSPS) is 9.67. The lowest BCUT2D eigenvalue weighted by atomic mass is 10.2. The van der Waals surface area contributed by atoms with Crippen molar-refractivity contribution in [3.05, 3.63) is 44.0 Å². The Morgan fingerprint density at radius 3 is 2.27 bits per heavy atom. The molecule has 0 radical (unpaired) electrons. The molecule has 15 heavy (non-hydrogen) atoms. The predicted octanol–water partition coefficient (Wildman–Crippen LogP) is 2.11. The molecule has 0 heterocycles. The smallest absolute Gasteiger partial charge is 0.258 e. The average Bonchev–Trinajstić information content (AvgIpc) is 2.16. The topological polar surface area (TPSA) is 86.3 Å². The van der Waals surface area contributed by atoms with Crippen LogP contribution in [0, 0.1) is 20.2 Å². The van der Waals surface area contributed by atoms with E-state index in [9.17, 15) is 20.2 Å². The third-order valence-corrected chi connectivity index (χ3v) is 2.09. The van der Waals surface area contributed by atoms with E-state index in [1.54, 1.807) is 0 Å². The SMILES string of the molecule is O=[N+]([O-])c1cccc(C(=S)S)c1[N+](=O)[O-]. The molecule has 6 nitrogen and oxygen atoms in total. The molecule has 0 aliphatic rings. The molecule has 78 valence electrons. The summed E-state index contributed by atoms with van der Waals surface area (Å²) in [6.45, 7) is 0. The maximum atomic E-state index is 10.7. The number of nitro benzene ring substituents is 2. The summed E-state index contributed by atoms with van der Waals surface area (Å²) in [4.78, 5) is 19.5. The molecule has 1 aromatic carbocycles. The lowest BCUT2D eigenvalue weighted by Crippen LogP contribution is -2.02. The van der Waals surface area contributed by atoms with Gasteiger partial charge in [-0.25, -0.2) is 0 Å². The van der Waals surface area contributed by atoms with Gasteiger partial charge in [-0.2, -0.15) is 0 Å². The number of nitro groups is 2. The Balaban J connectivity index is 3.56. The molecule has 0 aliphatic carbocycles. The highest BCUT2D eigenvalue weighted by molar-refractivity contribution is 8.11. The van der Waals surface area contributed by atoms with Crippen LogP contribution in [0.4, 0.5) is 11.4 Å². The highest BCUT2D eigenvalue weighted by Crippen LogP contribution is 2.31. The molecular weight excluding hydrogens is 240 g/mol. The number of thiocarbonyl (C=S) groups is 1. The maximum absolute atomic E-state index is 10.7. The van der Waals surface area contributed by atoms with Gasteiger partial charge in [0.15, 0.2) is 0 Å². The van der Waals surface area contributed by atoms with Gasteiger partial charge in [-0.15, -0.1) is 12.6 Å². The van der Waals surface area contributed by atoms with Crippen LogP contribution in [0.2, 0.25) is 0 Å². The molecule has 0 spiro atoms. The van der Waals surface area contributed by atoms with Crippen molar-refractivity contribution in [2.24, 2.45) is 0 Å². The highest BCUT2D eigenvalue weighted by atomic mass is 32.1.